The minimum Gasteiger partial charge on any atom is -0.372 e. The molecule has 0 atom stereocenters. The summed E-state index contributed by atoms with van der Waals surface area (Å²) in [5, 5.41) is 3.37. The molecule has 5 heteroatoms. The van der Waals surface area contributed by atoms with Crippen molar-refractivity contribution in [1.29, 1.82) is 0 Å². The zero-order chi connectivity index (χ0) is 14.7. The molecule has 1 fully saturated rings. The lowest BCUT2D eigenvalue weighted by atomic mass is 9.86. The molecule has 1 saturated carbocycles. The number of pyridine rings is 1. The lowest BCUT2D eigenvalue weighted by Crippen LogP contribution is -2.39. The molecule has 20 heavy (non-hydrogen) atoms. The quantitative estimate of drug-likeness (QED) is 0.929. The Morgan fingerprint density at radius 2 is 2.05 bits per heavy atom. The lowest BCUT2D eigenvalue weighted by molar-refractivity contribution is 0.0679. The molecule has 0 saturated heterocycles. The summed E-state index contributed by atoms with van der Waals surface area (Å²) in [5.41, 5.74) is 0.551. The normalized spacial score (nSPS) is 22.4. The molecular formula is C15H22ClN3O. The fraction of sp³-hybridized carbons (Fsp3) is 0.600. The number of anilines is 1. The van der Waals surface area contributed by atoms with Gasteiger partial charge in [-0.1, -0.05) is 18.5 Å². The molecule has 1 aliphatic rings. The van der Waals surface area contributed by atoms with Crippen LogP contribution in [0.15, 0.2) is 12.3 Å². The highest BCUT2D eigenvalue weighted by Gasteiger charge is 2.25. The fourth-order valence-corrected chi connectivity index (χ4v) is 3.00. The van der Waals surface area contributed by atoms with Crippen LogP contribution in [0.3, 0.4) is 0 Å². The second-order valence-corrected chi connectivity index (χ2v) is 6.04. The van der Waals surface area contributed by atoms with Crippen LogP contribution in [0, 0.1) is 5.92 Å². The van der Waals surface area contributed by atoms with E-state index in [1.165, 1.54) is 12.8 Å². The summed E-state index contributed by atoms with van der Waals surface area (Å²) < 4.78 is 0. The van der Waals surface area contributed by atoms with Gasteiger partial charge in [-0.15, -0.1) is 0 Å². The Balaban J connectivity index is 2.08. The van der Waals surface area contributed by atoms with Gasteiger partial charge in [-0.2, -0.15) is 0 Å². The molecule has 0 aliphatic heterocycles. The minimum absolute atomic E-state index is 0.00149. The van der Waals surface area contributed by atoms with E-state index in [4.69, 9.17) is 11.6 Å². The second kappa shape index (κ2) is 6.44. The van der Waals surface area contributed by atoms with Crippen molar-refractivity contribution in [3.05, 3.63) is 22.8 Å². The number of amides is 1. The van der Waals surface area contributed by atoms with Gasteiger partial charge in [0.2, 0.25) is 0 Å². The molecule has 1 N–H and O–H groups in total. The van der Waals surface area contributed by atoms with Gasteiger partial charge in [0.05, 0.1) is 10.6 Å². The molecule has 0 unspecified atom stereocenters. The largest absolute Gasteiger partial charge is 0.372 e. The topological polar surface area (TPSA) is 45.2 Å². The van der Waals surface area contributed by atoms with E-state index in [0.29, 0.717) is 22.4 Å². The third-order valence-electron chi connectivity index (χ3n) is 4.18. The lowest BCUT2D eigenvalue weighted by Gasteiger charge is -2.33. The van der Waals surface area contributed by atoms with Crippen LogP contribution in [0.2, 0.25) is 5.02 Å². The van der Waals surface area contributed by atoms with Crippen molar-refractivity contribution in [1.82, 2.24) is 9.88 Å². The number of halogens is 1. The van der Waals surface area contributed by atoms with Crippen LogP contribution < -0.4 is 5.32 Å². The first-order chi connectivity index (χ1) is 9.52. The number of hydrogen-bond acceptors (Lipinski definition) is 3. The summed E-state index contributed by atoms with van der Waals surface area (Å²) in [6, 6.07) is 2.02. The molecule has 2 rings (SSSR count). The molecule has 1 aromatic heterocycles. The van der Waals surface area contributed by atoms with Gasteiger partial charge in [0, 0.05) is 26.3 Å². The zero-order valence-electron chi connectivity index (χ0n) is 12.3. The van der Waals surface area contributed by atoms with E-state index >= 15 is 0 Å². The number of nitrogens with one attached hydrogen (secondary N) is 1. The third-order valence-corrected chi connectivity index (χ3v) is 4.47. The Kier molecular flexibility index (Phi) is 4.86. The van der Waals surface area contributed by atoms with Gasteiger partial charge >= 0.3 is 0 Å². The molecule has 0 bridgehead atoms. The highest BCUT2D eigenvalue weighted by Crippen LogP contribution is 2.28. The van der Waals surface area contributed by atoms with E-state index in [9.17, 15) is 4.79 Å². The first kappa shape index (κ1) is 15.1. The highest BCUT2D eigenvalue weighted by molar-refractivity contribution is 6.33. The van der Waals surface area contributed by atoms with E-state index in [2.05, 4.69) is 17.2 Å². The first-order valence-corrected chi connectivity index (χ1v) is 7.51. The maximum Gasteiger partial charge on any atom is 0.255 e. The van der Waals surface area contributed by atoms with E-state index < -0.39 is 0 Å². The van der Waals surface area contributed by atoms with Gasteiger partial charge in [-0.05, 0) is 37.7 Å². The number of carbonyl (C=O) groups is 1. The standard InChI is InChI=1S/C15H22ClN3O/c1-10-4-6-12(7-5-10)19(3)15(20)11-8-13(16)14(17-2)18-9-11/h8-10,12H,4-7H2,1-3H3,(H,17,18). The average Bonchev–Trinajstić information content (AvgIpc) is 2.46. The smallest absolute Gasteiger partial charge is 0.255 e. The van der Waals surface area contributed by atoms with Crippen molar-refractivity contribution in [3.8, 4) is 0 Å². The Morgan fingerprint density at radius 1 is 1.40 bits per heavy atom. The fourth-order valence-electron chi connectivity index (χ4n) is 2.74. The highest BCUT2D eigenvalue weighted by atomic mass is 35.5. The zero-order valence-corrected chi connectivity index (χ0v) is 13.1. The van der Waals surface area contributed by atoms with E-state index in [1.54, 1.807) is 19.3 Å². The Hall–Kier alpha value is -1.29. The molecular weight excluding hydrogens is 274 g/mol. The molecule has 0 aromatic carbocycles. The Morgan fingerprint density at radius 3 is 2.60 bits per heavy atom. The van der Waals surface area contributed by atoms with Crippen molar-refractivity contribution in [2.75, 3.05) is 19.4 Å². The molecule has 0 radical (unpaired) electrons. The molecule has 1 aromatic rings. The molecule has 0 spiro atoms. The van der Waals surface area contributed by atoms with Gasteiger partial charge < -0.3 is 10.2 Å². The number of nitrogens with zero attached hydrogens (tertiary/aromatic N) is 2. The Labute approximate surface area is 125 Å². The number of aromatic nitrogens is 1. The van der Waals surface area contributed by atoms with E-state index in [-0.39, 0.29) is 5.91 Å². The maximum absolute atomic E-state index is 12.5. The van der Waals surface area contributed by atoms with Gasteiger partial charge in [0.15, 0.2) is 0 Å². The summed E-state index contributed by atoms with van der Waals surface area (Å²) in [4.78, 5) is 18.5. The maximum atomic E-state index is 12.5. The predicted octanol–water partition coefficient (Wildman–Crippen LogP) is 3.43. The number of carbonyl (C=O) groups excluding carboxylic acids is 1. The predicted molar refractivity (Wildman–Crippen MR) is 82.3 cm³/mol. The van der Waals surface area contributed by atoms with Crippen molar-refractivity contribution >= 4 is 23.3 Å². The SMILES string of the molecule is CNc1ncc(C(=O)N(C)C2CCC(C)CC2)cc1Cl. The number of hydrogen-bond donors (Lipinski definition) is 1. The summed E-state index contributed by atoms with van der Waals surface area (Å²) in [6.45, 7) is 2.28. The Bertz CT molecular complexity index is 484. The monoisotopic (exact) mass is 295 g/mol. The molecule has 110 valence electrons. The summed E-state index contributed by atoms with van der Waals surface area (Å²) in [5.74, 6) is 1.37. The summed E-state index contributed by atoms with van der Waals surface area (Å²) in [7, 11) is 3.63. The van der Waals surface area contributed by atoms with Gasteiger partial charge in [-0.3, -0.25) is 4.79 Å². The van der Waals surface area contributed by atoms with Crippen LogP contribution in [0.25, 0.3) is 0 Å². The van der Waals surface area contributed by atoms with Crippen LogP contribution in [0.1, 0.15) is 43.0 Å². The summed E-state index contributed by atoms with van der Waals surface area (Å²) in [6.07, 6.45) is 6.14. The van der Waals surface area contributed by atoms with Gasteiger partial charge in [0.1, 0.15) is 5.82 Å². The van der Waals surface area contributed by atoms with Gasteiger partial charge in [-0.25, -0.2) is 4.98 Å². The molecule has 1 heterocycles. The average molecular weight is 296 g/mol. The van der Waals surface area contributed by atoms with E-state index in [1.807, 2.05) is 11.9 Å². The molecule has 1 aliphatic carbocycles. The minimum atomic E-state index is 0.00149. The van der Waals surface area contributed by atoms with Crippen LogP contribution in [0.4, 0.5) is 5.82 Å². The van der Waals surface area contributed by atoms with Crippen molar-refractivity contribution < 1.29 is 4.79 Å². The van der Waals surface area contributed by atoms with Crippen LogP contribution in [-0.4, -0.2) is 35.9 Å². The number of rotatable bonds is 3. The van der Waals surface area contributed by atoms with Crippen molar-refractivity contribution in [2.24, 2.45) is 5.92 Å². The van der Waals surface area contributed by atoms with Crippen molar-refractivity contribution in [2.45, 2.75) is 38.6 Å². The van der Waals surface area contributed by atoms with Crippen molar-refractivity contribution in [3.63, 3.8) is 0 Å². The van der Waals surface area contributed by atoms with Crippen LogP contribution in [-0.2, 0) is 0 Å². The van der Waals surface area contributed by atoms with Crippen LogP contribution >= 0.6 is 11.6 Å². The summed E-state index contributed by atoms with van der Waals surface area (Å²) >= 11 is 6.09. The first-order valence-electron chi connectivity index (χ1n) is 7.13. The van der Waals surface area contributed by atoms with Gasteiger partial charge in [0.25, 0.3) is 5.91 Å². The molecule has 4 nitrogen and oxygen atoms in total. The van der Waals surface area contributed by atoms with Crippen LogP contribution in [0.5, 0.6) is 0 Å². The third kappa shape index (κ3) is 3.23. The second-order valence-electron chi connectivity index (χ2n) is 5.63. The van der Waals surface area contributed by atoms with E-state index in [0.717, 1.165) is 18.8 Å². The molecule has 1 amide bonds.